The van der Waals surface area contributed by atoms with Crippen LogP contribution in [0, 0.1) is 6.92 Å². The van der Waals surface area contributed by atoms with E-state index in [1.807, 2.05) is 18.3 Å². The zero-order valence-electron chi connectivity index (χ0n) is 13.0. The van der Waals surface area contributed by atoms with Gasteiger partial charge in [0.2, 0.25) is 0 Å². The van der Waals surface area contributed by atoms with Crippen LogP contribution in [-0.2, 0) is 14.5 Å². The van der Waals surface area contributed by atoms with Crippen LogP contribution < -0.4 is 8.75 Å². The van der Waals surface area contributed by atoms with Crippen molar-refractivity contribution in [2.75, 3.05) is 0 Å². The first-order chi connectivity index (χ1) is 11.4. The molecule has 0 unspecified atom stereocenters. The topological polar surface area (TPSA) is 73.0 Å². The zero-order chi connectivity index (χ0) is 17.2. The van der Waals surface area contributed by atoms with Gasteiger partial charge < -0.3 is 0 Å². The Bertz CT molecular complexity index is 935. The summed E-state index contributed by atoms with van der Waals surface area (Å²) in [5, 5.41) is 5.13. The average molecular weight is 519 g/mol. The third kappa shape index (κ3) is 4.57. The van der Waals surface area contributed by atoms with E-state index in [0.717, 1.165) is 10.0 Å². The van der Waals surface area contributed by atoms with Gasteiger partial charge in [0, 0.05) is 0 Å². The molecule has 24 heavy (non-hydrogen) atoms. The molecule has 0 radical (unpaired) electrons. The Hall–Kier alpha value is -0.931. The molecule has 0 amide bonds. The van der Waals surface area contributed by atoms with Crippen molar-refractivity contribution < 1.29 is 8.42 Å². The minimum absolute atomic E-state index is 0.143. The van der Waals surface area contributed by atoms with Gasteiger partial charge in [-0.25, -0.2) is 0 Å². The molecular weight excluding hydrogens is 503 g/mol. The predicted molar refractivity (Wildman–Crippen MR) is 98.3 cm³/mol. The third-order valence-corrected chi connectivity index (χ3v) is 10.7. The number of sulfonamides is 1. The van der Waals surface area contributed by atoms with Crippen LogP contribution >= 0.6 is 0 Å². The van der Waals surface area contributed by atoms with Crippen molar-refractivity contribution in [1.29, 1.82) is 0 Å². The van der Waals surface area contributed by atoms with Crippen LogP contribution in [0.1, 0.15) is 10.1 Å². The van der Waals surface area contributed by atoms with Gasteiger partial charge in [-0.3, -0.25) is 0 Å². The SMILES string of the molecule is Cc1ccc([Te]Cc2ncc(-c3ccc(S(N)(=O)=O)cc3)[se]2)cc1. The summed E-state index contributed by atoms with van der Waals surface area (Å²) in [6.45, 7) is 2.10. The van der Waals surface area contributed by atoms with Gasteiger partial charge in [0.25, 0.3) is 0 Å². The van der Waals surface area contributed by atoms with Crippen LogP contribution in [0.25, 0.3) is 10.0 Å². The molecule has 4 nitrogen and oxygen atoms in total. The average Bonchev–Trinajstić information content (AvgIpc) is 3.03. The molecule has 0 spiro atoms. The van der Waals surface area contributed by atoms with Gasteiger partial charge in [0.15, 0.2) is 0 Å². The number of hydrogen-bond donors (Lipinski definition) is 1. The number of nitrogens with zero attached hydrogens (tertiary/aromatic N) is 1. The number of nitrogens with two attached hydrogens (primary N) is 1. The Labute approximate surface area is 158 Å². The van der Waals surface area contributed by atoms with E-state index in [0.29, 0.717) is 0 Å². The van der Waals surface area contributed by atoms with E-state index in [-0.39, 0.29) is 40.3 Å². The molecule has 0 saturated heterocycles. The molecule has 124 valence electrons. The summed E-state index contributed by atoms with van der Waals surface area (Å²) in [6.07, 6.45) is 1.92. The van der Waals surface area contributed by atoms with Gasteiger partial charge in [-0.15, -0.1) is 0 Å². The maximum atomic E-state index is 11.3. The quantitative estimate of drug-likeness (QED) is 0.517. The summed E-state index contributed by atoms with van der Waals surface area (Å²) in [5.74, 6) is 0. The molecule has 7 heteroatoms. The summed E-state index contributed by atoms with van der Waals surface area (Å²) < 4.78 is 27.6. The van der Waals surface area contributed by atoms with Crippen molar-refractivity contribution in [3.05, 3.63) is 64.9 Å². The molecule has 2 N–H and O–H groups in total. The van der Waals surface area contributed by atoms with Crippen molar-refractivity contribution in [3.63, 3.8) is 0 Å². The van der Waals surface area contributed by atoms with Gasteiger partial charge in [-0.05, 0) is 0 Å². The summed E-state index contributed by atoms with van der Waals surface area (Å²) in [7, 11) is -3.63. The second-order valence-corrected chi connectivity index (χ2v) is 12.2. The van der Waals surface area contributed by atoms with E-state index in [2.05, 4.69) is 36.2 Å². The van der Waals surface area contributed by atoms with Crippen LogP contribution in [0.15, 0.2) is 59.6 Å². The van der Waals surface area contributed by atoms with Gasteiger partial charge in [0.05, 0.1) is 0 Å². The molecule has 1 heterocycles. The van der Waals surface area contributed by atoms with Crippen LogP contribution in [0.5, 0.6) is 0 Å². The monoisotopic (exact) mass is 522 g/mol. The molecule has 3 rings (SSSR count). The van der Waals surface area contributed by atoms with E-state index in [4.69, 9.17) is 5.14 Å². The molecule has 0 aliphatic rings. The van der Waals surface area contributed by atoms with Crippen LogP contribution in [0.3, 0.4) is 0 Å². The molecule has 0 aliphatic heterocycles. The van der Waals surface area contributed by atoms with Gasteiger partial charge >= 0.3 is 159 Å². The van der Waals surface area contributed by atoms with E-state index in [1.165, 1.54) is 18.2 Å². The fraction of sp³-hybridized carbons (Fsp3) is 0.118. The fourth-order valence-electron chi connectivity index (χ4n) is 2.10. The number of aryl methyl sites for hydroxylation is 1. The first kappa shape index (κ1) is 17.9. The van der Waals surface area contributed by atoms with Crippen molar-refractivity contribution in [2.24, 2.45) is 5.14 Å². The molecule has 0 aliphatic carbocycles. The molecular formula is C17H16N2O2SSeTe. The van der Waals surface area contributed by atoms with Gasteiger partial charge in [0.1, 0.15) is 0 Å². The number of hydrogen-bond acceptors (Lipinski definition) is 3. The first-order valence-electron chi connectivity index (χ1n) is 7.19. The number of rotatable bonds is 5. The summed E-state index contributed by atoms with van der Waals surface area (Å²) >= 11 is -0.0234. The standard InChI is InChI=1S/C17H16N2O2SSeTe/c1-12-2-8-15(9-3-12)24-11-17-19-10-16(23-17)13-4-6-14(7-5-13)22(18,20)21/h2-10H,11H2,1H3,(H2,18,20,21). The summed E-state index contributed by atoms with van der Waals surface area (Å²) in [5.41, 5.74) is 2.32. The zero-order valence-corrected chi connectivity index (χ0v) is 17.8. The summed E-state index contributed by atoms with van der Waals surface area (Å²) in [4.78, 5) is 4.71. The van der Waals surface area contributed by atoms with E-state index in [9.17, 15) is 8.42 Å². The minimum atomic E-state index is -3.63. The second kappa shape index (κ2) is 7.53. The van der Waals surface area contributed by atoms with Gasteiger partial charge in [-0.1, -0.05) is 0 Å². The Morgan fingerprint density at radius 2 is 1.75 bits per heavy atom. The molecule has 1 aromatic heterocycles. The van der Waals surface area contributed by atoms with Crippen molar-refractivity contribution >= 4 is 49.1 Å². The van der Waals surface area contributed by atoms with Crippen molar-refractivity contribution in [2.45, 2.75) is 16.3 Å². The van der Waals surface area contributed by atoms with Crippen LogP contribution in [0.2, 0.25) is 0 Å². The van der Waals surface area contributed by atoms with Crippen LogP contribution in [0.4, 0.5) is 0 Å². The fourth-order valence-corrected chi connectivity index (χ4v) is 7.93. The van der Waals surface area contributed by atoms with E-state index < -0.39 is 10.0 Å². The number of aromatic nitrogens is 1. The maximum absolute atomic E-state index is 11.3. The van der Waals surface area contributed by atoms with Gasteiger partial charge in [-0.2, -0.15) is 0 Å². The second-order valence-electron chi connectivity index (χ2n) is 5.29. The Morgan fingerprint density at radius 3 is 2.38 bits per heavy atom. The molecule has 0 bridgehead atoms. The normalized spacial score (nSPS) is 11.6. The number of benzene rings is 2. The summed E-state index contributed by atoms with van der Waals surface area (Å²) in [6, 6.07) is 15.5. The third-order valence-electron chi connectivity index (χ3n) is 3.40. The van der Waals surface area contributed by atoms with E-state index >= 15 is 0 Å². The first-order valence-corrected chi connectivity index (χ1v) is 13.3. The Kier molecular flexibility index (Phi) is 5.61. The predicted octanol–water partition coefficient (Wildman–Crippen LogP) is 1.29. The van der Waals surface area contributed by atoms with Crippen molar-refractivity contribution in [3.8, 4) is 10.0 Å². The molecule has 0 atom stereocenters. The van der Waals surface area contributed by atoms with E-state index in [1.54, 1.807) is 12.1 Å². The molecule has 2 aromatic carbocycles. The van der Waals surface area contributed by atoms with Crippen LogP contribution in [-0.4, -0.2) is 48.8 Å². The molecule has 0 fully saturated rings. The number of primary sulfonamides is 1. The Balaban J connectivity index is 1.70. The molecule has 0 saturated carbocycles. The Morgan fingerprint density at radius 1 is 1.08 bits per heavy atom. The van der Waals surface area contributed by atoms with Crippen molar-refractivity contribution in [1.82, 2.24) is 4.98 Å². The molecule has 3 aromatic rings.